The maximum absolute atomic E-state index is 12.7. The lowest BCUT2D eigenvalue weighted by atomic mass is 10.1. The van der Waals surface area contributed by atoms with Gasteiger partial charge in [-0.3, -0.25) is 0 Å². The largest absolute Gasteiger partial charge is 0.416 e. The van der Waals surface area contributed by atoms with Crippen LogP contribution < -0.4 is 0 Å². The minimum absolute atomic E-state index is 0.679. The highest BCUT2D eigenvalue weighted by Crippen LogP contribution is 2.67. The first-order chi connectivity index (χ1) is 14.1. The monoisotopic (exact) mass is 492 g/mol. The van der Waals surface area contributed by atoms with E-state index >= 15 is 0 Å². The maximum atomic E-state index is 12.7. The summed E-state index contributed by atoms with van der Waals surface area (Å²) in [7, 11) is 0. The molecule has 0 saturated heterocycles. The predicted molar refractivity (Wildman–Crippen MR) is 116 cm³/mol. The van der Waals surface area contributed by atoms with Crippen LogP contribution in [0.4, 0.5) is 26.3 Å². The molecule has 2 aliphatic heterocycles. The zero-order valence-corrected chi connectivity index (χ0v) is 17.9. The second-order valence-corrected chi connectivity index (χ2v) is 11.4. The van der Waals surface area contributed by atoms with Crippen molar-refractivity contribution in [1.82, 2.24) is 0 Å². The molecule has 0 unspecified atom stereocenters. The molecule has 0 aliphatic carbocycles. The summed E-state index contributed by atoms with van der Waals surface area (Å²) >= 11 is 6.16. The second kappa shape index (κ2) is 8.29. The van der Waals surface area contributed by atoms with Crippen molar-refractivity contribution in [3.63, 3.8) is 0 Å². The van der Waals surface area contributed by atoms with Gasteiger partial charge in [-0.05, 0) is 47.5 Å². The van der Waals surface area contributed by atoms with Crippen LogP contribution in [0.5, 0.6) is 0 Å². The predicted octanol–water partition coefficient (Wildman–Crippen LogP) is 9.11. The zero-order chi connectivity index (χ0) is 21.5. The molecule has 4 rings (SSSR count). The van der Waals surface area contributed by atoms with E-state index in [1.165, 1.54) is 71.3 Å². The van der Waals surface area contributed by atoms with Gasteiger partial charge in [-0.2, -0.15) is 26.3 Å². The van der Waals surface area contributed by atoms with Gasteiger partial charge >= 0.3 is 12.4 Å². The third-order valence-corrected chi connectivity index (χ3v) is 9.34. The fourth-order valence-electron chi connectivity index (χ4n) is 2.54. The van der Waals surface area contributed by atoms with Crippen molar-refractivity contribution in [2.45, 2.75) is 12.4 Å². The Labute approximate surface area is 185 Å². The Hall–Kier alpha value is -1.36. The van der Waals surface area contributed by atoms with E-state index in [-0.39, 0.29) is 0 Å². The Kier molecular flexibility index (Phi) is 6.04. The third-order valence-electron chi connectivity index (χ3n) is 3.98. The molecule has 2 aliphatic rings. The molecule has 2 aromatic rings. The lowest BCUT2D eigenvalue weighted by Crippen LogP contribution is -2.03. The van der Waals surface area contributed by atoms with Crippen molar-refractivity contribution >= 4 is 59.2 Å². The van der Waals surface area contributed by atoms with Crippen molar-refractivity contribution in [2.24, 2.45) is 0 Å². The van der Waals surface area contributed by atoms with Crippen LogP contribution in [0.15, 0.2) is 65.5 Å². The van der Waals surface area contributed by atoms with Gasteiger partial charge in [-0.1, -0.05) is 71.3 Å². The van der Waals surface area contributed by atoms with Gasteiger partial charge in [-0.15, -0.1) is 0 Å². The molecule has 0 bridgehead atoms. The number of hydrogen-bond acceptors (Lipinski definition) is 4. The van der Waals surface area contributed by atoms with Gasteiger partial charge in [0.1, 0.15) is 0 Å². The zero-order valence-electron chi connectivity index (χ0n) is 14.7. The van der Waals surface area contributed by atoms with E-state index < -0.39 is 23.5 Å². The molecule has 0 atom stereocenters. The van der Waals surface area contributed by atoms with Gasteiger partial charge < -0.3 is 0 Å². The summed E-state index contributed by atoms with van der Waals surface area (Å²) < 4.78 is 80.0. The molecule has 0 N–H and O–H groups in total. The summed E-state index contributed by atoms with van der Waals surface area (Å²) in [6, 6.07) is 10.0. The highest BCUT2D eigenvalue weighted by Gasteiger charge is 2.32. The van der Waals surface area contributed by atoms with Crippen LogP contribution in [0.2, 0.25) is 0 Å². The molecule has 0 aromatic heterocycles. The summed E-state index contributed by atoms with van der Waals surface area (Å²) in [4.78, 5) is 0. The topological polar surface area (TPSA) is 0 Å². The Morgan fingerprint density at radius 3 is 1.07 bits per heavy atom. The molecule has 10 heteroatoms. The highest BCUT2D eigenvalue weighted by atomic mass is 32.3. The molecule has 156 valence electrons. The van der Waals surface area contributed by atoms with E-state index in [1.807, 2.05) is 12.2 Å². The molecule has 0 radical (unpaired) electrons. The number of rotatable bonds is 2. The van der Waals surface area contributed by atoms with Crippen molar-refractivity contribution in [2.75, 3.05) is 0 Å². The molecular formula is C20H10F6S4. The van der Waals surface area contributed by atoms with Gasteiger partial charge in [-0.25, -0.2) is 0 Å². The van der Waals surface area contributed by atoms with Crippen molar-refractivity contribution < 1.29 is 26.3 Å². The van der Waals surface area contributed by atoms with Gasteiger partial charge in [0, 0.05) is 0 Å². The number of hydrogen-bond donors (Lipinski definition) is 0. The first-order valence-corrected chi connectivity index (χ1v) is 11.6. The maximum Gasteiger partial charge on any atom is 0.416 e. The van der Waals surface area contributed by atoms with Crippen LogP contribution in [-0.4, -0.2) is 0 Å². The third kappa shape index (κ3) is 5.09. The summed E-state index contributed by atoms with van der Waals surface area (Å²) in [5, 5.41) is 0. The standard InChI is InChI=1S/C20H10F6S4/c21-19(22,23)13-5-1-11(2-6-13)9-15-27-17-18(28-15)30-16(29-17)10-12-3-7-14(8-4-12)20(24,25)26/h1-10H. The lowest BCUT2D eigenvalue weighted by molar-refractivity contribution is -0.138. The lowest BCUT2D eigenvalue weighted by Gasteiger charge is -2.07. The molecule has 2 aromatic carbocycles. The number of thioether (sulfide) groups is 4. The van der Waals surface area contributed by atoms with Crippen LogP contribution >= 0.6 is 47.0 Å². The van der Waals surface area contributed by atoms with Gasteiger partial charge in [0.05, 0.1) is 28.1 Å². The minimum Gasteiger partial charge on any atom is -0.166 e. The summed E-state index contributed by atoms with van der Waals surface area (Å²) in [6.07, 6.45) is -5.02. The number of alkyl halides is 6. The first-order valence-electron chi connectivity index (χ1n) is 8.31. The van der Waals surface area contributed by atoms with Crippen molar-refractivity contribution in [3.05, 3.63) is 87.7 Å². The highest BCUT2D eigenvalue weighted by molar-refractivity contribution is 8.48. The minimum atomic E-state index is -4.35. The van der Waals surface area contributed by atoms with Gasteiger partial charge in [0.2, 0.25) is 0 Å². The average molecular weight is 493 g/mol. The molecule has 0 spiro atoms. The molecule has 0 amide bonds. The Bertz CT molecular complexity index is 939. The van der Waals surface area contributed by atoms with Crippen LogP contribution in [0, 0.1) is 0 Å². The summed E-state index contributed by atoms with van der Waals surface area (Å²) in [6.45, 7) is 0. The Morgan fingerprint density at radius 1 is 0.500 bits per heavy atom. The Balaban J connectivity index is 1.39. The van der Waals surface area contributed by atoms with Crippen LogP contribution in [0.3, 0.4) is 0 Å². The van der Waals surface area contributed by atoms with E-state index in [9.17, 15) is 26.3 Å². The van der Waals surface area contributed by atoms with Crippen molar-refractivity contribution in [1.29, 1.82) is 0 Å². The Morgan fingerprint density at radius 2 is 0.800 bits per heavy atom. The van der Waals surface area contributed by atoms with E-state index in [0.29, 0.717) is 11.1 Å². The molecule has 0 saturated carbocycles. The van der Waals surface area contributed by atoms with Gasteiger partial charge in [0.15, 0.2) is 0 Å². The number of halogens is 6. The summed E-state index contributed by atoms with van der Waals surface area (Å²) in [5.41, 5.74) is 0.0201. The molecular weight excluding hydrogens is 482 g/mol. The molecule has 0 fully saturated rings. The first kappa shape index (κ1) is 21.9. The molecule has 2 heterocycles. The second-order valence-electron chi connectivity index (χ2n) is 6.15. The fourth-order valence-corrected chi connectivity index (χ4v) is 8.76. The van der Waals surface area contributed by atoms with Crippen LogP contribution in [0.1, 0.15) is 22.3 Å². The van der Waals surface area contributed by atoms with E-state index in [0.717, 1.165) is 41.2 Å². The van der Waals surface area contributed by atoms with Crippen LogP contribution in [0.25, 0.3) is 12.2 Å². The van der Waals surface area contributed by atoms with Crippen molar-refractivity contribution in [3.8, 4) is 0 Å². The van der Waals surface area contributed by atoms with E-state index in [2.05, 4.69) is 0 Å². The quantitative estimate of drug-likeness (QED) is 0.383. The normalized spacial score (nSPS) is 16.9. The van der Waals surface area contributed by atoms with E-state index in [1.54, 1.807) is 0 Å². The molecule has 0 nitrogen and oxygen atoms in total. The molecule has 30 heavy (non-hydrogen) atoms. The van der Waals surface area contributed by atoms with Crippen LogP contribution in [-0.2, 0) is 12.4 Å². The number of benzene rings is 2. The smallest absolute Gasteiger partial charge is 0.166 e. The SMILES string of the molecule is FC(F)(F)c1ccc(C=C2SC3=C(S2)SC(=Cc2ccc(C(F)(F)F)cc2)S3)cc1. The summed E-state index contributed by atoms with van der Waals surface area (Å²) in [5.74, 6) is 0. The average Bonchev–Trinajstić information content (AvgIpc) is 3.19. The fraction of sp³-hybridized carbons (Fsp3) is 0.100. The van der Waals surface area contributed by atoms with Gasteiger partial charge in [0.25, 0.3) is 0 Å². The van der Waals surface area contributed by atoms with E-state index in [4.69, 9.17) is 0 Å².